The summed E-state index contributed by atoms with van der Waals surface area (Å²) in [4.78, 5) is 0. The molecule has 15 heavy (non-hydrogen) atoms. The van der Waals surface area contributed by atoms with Crippen molar-refractivity contribution in [3.8, 4) is 0 Å². The van der Waals surface area contributed by atoms with Gasteiger partial charge in [0.25, 0.3) is 0 Å². The van der Waals surface area contributed by atoms with Gasteiger partial charge in [0, 0.05) is 18.1 Å². The Morgan fingerprint density at radius 2 is 2.07 bits per heavy atom. The van der Waals surface area contributed by atoms with Crippen LogP contribution in [0.2, 0.25) is 5.02 Å². The van der Waals surface area contributed by atoms with E-state index in [-0.39, 0.29) is 0 Å². The summed E-state index contributed by atoms with van der Waals surface area (Å²) in [5, 5.41) is 2.08. The number of nitrogens with zero attached hydrogens (tertiary/aromatic N) is 1. The zero-order valence-corrected chi connectivity index (χ0v) is 9.96. The van der Waals surface area contributed by atoms with Gasteiger partial charge in [-0.3, -0.25) is 0 Å². The van der Waals surface area contributed by atoms with Gasteiger partial charge in [0.05, 0.1) is 10.5 Å². The average Bonchev–Trinajstić information content (AvgIpc) is 2.59. The Kier molecular flexibility index (Phi) is 3.01. The van der Waals surface area contributed by atoms with Crippen LogP contribution in [0, 0.1) is 5.92 Å². The van der Waals surface area contributed by atoms with Gasteiger partial charge in [0.15, 0.2) is 0 Å². The summed E-state index contributed by atoms with van der Waals surface area (Å²) in [6.07, 6.45) is 3.31. The summed E-state index contributed by atoms with van der Waals surface area (Å²) in [7, 11) is 0. The van der Waals surface area contributed by atoms with Crippen molar-refractivity contribution in [1.29, 1.82) is 0 Å². The van der Waals surface area contributed by atoms with E-state index in [9.17, 15) is 0 Å². The van der Waals surface area contributed by atoms with E-state index in [4.69, 9.17) is 11.6 Å². The molecule has 0 bridgehead atoms. The van der Waals surface area contributed by atoms with Crippen molar-refractivity contribution >= 4 is 22.5 Å². The van der Waals surface area contributed by atoms with Gasteiger partial charge in [-0.05, 0) is 24.5 Å². The number of halogens is 1. The van der Waals surface area contributed by atoms with Crippen LogP contribution in [0.25, 0.3) is 10.9 Å². The monoisotopic (exact) mass is 221 g/mol. The minimum Gasteiger partial charge on any atom is -0.346 e. The number of aryl methyl sites for hydroxylation is 1. The number of para-hydroxylation sites is 1. The molecule has 0 saturated carbocycles. The third kappa shape index (κ3) is 2.18. The molecule has 0 radical (unpaired) electrons. The molecule has 0 spiro atoms. The molecule has 1 nitrogen and oxygen atoms in total. The summed E-state index contributed by atoms with van der Waals surface area (Å²) in [6.45, 7) is 5.53. The molecule has 0 fully saturated rings. The Hall–Kier alpha value is -0.950. The van der Waals surface area contributed by atoms with E-state index in [1.54, 1.807) is 0 Å². The maximum absolute atomic E-state index is 6.20. The molecule has 0 aliphatic rings. The van der Waals surface area contributed by atoms with Gasteiger partial charge in [-0.25, -0.2) is 0 Å². The fourth-order valence-corrected chi connectivity index (χ4v) is 2.09. The standard InChI is InChI=1S/C13H16ClN/c1-10(2)6-8-15-9-7-11-4-3-5-12(14)13(11)15/h3-5,7,9-10H,6,8H2,1-2H3. The van der Waals surface area contributed by atoms with E-state index in [1.807, 2.05) is 12.1 Å². The lowest BCUT2D eigenvalue weighted by Gasteiger charge is -2.08. The Bertz CT molecular complexity index is 457. The average molecular weight is 222 g/mol. The van der Waals surface area contributed by atoms with Crippen LogP contribution < -0.4 is 0 Å². The summed E-state index contributed by atoms with van der Waals surface area (Å²) in [6, 6.07) is 8.18. The Morgan fingerprint density at radius 1 is 1.27 bits per heavy atom. The fourth-order valence-electron chi connectivity index (χ4n) is 1.80. The molecular formula is C13H16ClN. The lowest BCUT2D eigenvalue weighted by atomic mass is 10.1. The molecular weight excluding hydrogens is 206 g/mol. The van der Waals surface area contributed by atoms with E-state index < -0.39 is 0 Å². The molecule has 0 unspecified atom stereocenters. The van der Waals surface area contributed by atoms with Gasteiger partial charge in [0.1, 0.15) is 0 Å². The van der Waals surface area contributed by atoms with Gasteiger partial charge < -0.3 is 4.57 Å². The highest BCUT2D eigenvalue weighted by atomic mass is 35.5. The van der Waals surface area contributed by atoms with Crippen molar-refractivity contribution in [3.05, 3.63) is 35.5 Å². The minimum atomic E-state index is 0.727. The first kappa shape index (κ1) is 10.6. The fraction of sp³-hybridized carbons (Fsp3) is 0.385. The van der Waals surface area contributed by atoms with E-state index in [1.165, 1.54) is 17.3 Å². The van der Waals surface area contributed by atoms with Crippen molar-refractivity contribution in [3.63, 3.8) is 0 Å². The molecule has 0 N–H and O–H groups in total. The number of hydrogen-bond acceptors (Lipinski definition) is 0. The van der Waals surface area contributed by atoms with E-state index in [0.29, 0.717) is 0 Å². The first-order valence-corrected chi connectivity index (χ1v) is 5.79. The highest BCUT2D eigenvalue weighted by Crippen LogP contribution is 2.24. The predicted molar refractivity (Wildman–Crippen MR) is 66.4 cm³/mol. The molecule has 1 aromatic carbocycles. The molecule has 0 aliphatic carbocycles. The second kappa shape index (κ2) is 4.28. The molecule has 80 valence electrons. The molecule has 0 aliphatic heterocycles. The van der Waals surface area contributed by atoms with Crippen molar-refractivity contribution in [1.82, 2.24) is 4.57 Å². The SMILES string of the molecule is CC(C)CCn1ccc2cccc(Cl)c21. The molecule has 1 heterocycles. The maximum Gasteiger partial charge on any atom is 0.0669 e. The second-order valence-electron chi connectivity index (χ2n) is 4.37. The molecule has 0 amide bonds. The summed E-state index contributed by atoms with van der Waals surface area (Å²) >= 11 is 6.20. The Labute approximate surface area is 95.7 Å². The van der Waals surface area contributed by atoms with Gasteiger partial charge in [0.2, 0.25) is 0 Å². The topological polar surface area (TPSA) is 4.93 Å². The first-order valence-electron chi connectivity index (χ1n) is 5.42. The van der Waals surface area contributed by atoms with Gasteiger partial charge in [-0.2, -0.15) is 0 Å². The van der Waals surface area contributed by atoms with Gasteiger partial charge >= 0.3 is 0 Å². The molecule has 2 aromatic rings. The van der Waals surface area contributed by atoms with Crippen molar-refractivity contribution in [2.45, 2.75) is 26.8 Å². The normalized spacial score (nSPS) is 11.5. The predicted octanol–water partition coefficient (Wildman–Crippen LogP) is 4.34. The highest BCUT2D eigenvalue weighted by Gasteiger charge is 2.04. The summed E-state index contributed by atoms with van der Waals surface area (Å²) < 4.78 is 2.25. The quantitative estimate of drug-likeness (QED) is 0.727. The maximum atomic E-state index is 6.20. The highest BCUT2D eigenvalue weighted by molar-refractivity contribution is 6.35. The summed E-state index contributed by atoms with van der Waals surface area (Å²) in [5.74, 6) is 0.727. The largest absolute Gasteiger partial charge is 0.346 e. The smallest absolute Gasteiger partial charge is 0.0669 e. The summed E-state index contributed by atoms with van der Waals surface area (Å²) in [5.41, 5.74) is 1.17. The van der Waals surface area contributed by atoms with Crippen LogP contribution in [0.3, 0.4) is 0 Å². The van der Waals surface area contributed by atoms with Crippen molar-refractivity contribution < 1.29 is 0 Å². The van der Waals surface area contributed by atoms with E-state index >= 15 is 0 Å². The van der Waals surface area contributed by atoms with Gasteiger partial charge in [-0.15, -0.1) is 0 Å². The van der Waals surface area contributed by atoms with Crippen LogP contribution in [0.5, 0.6) is 0 Å². The van der Waals surface area contributed by atoms with Crippen LogP contribution in [-0.4, -0.2) is 4.57 Å². The second-order valence-corrected chi connectivity index (χ2v) is 4.78. The third-order valence-corrected chi connectivity index (χ3v) is 2.99. The Morgan fingerprint density at radius 3 is 2.80 bits per heavy atom. The Balaban J connectivity index is 2.35. The molecule has 2 rings (SSSR count). The number of aromatic nitrogens is 1. The zero-order chi connectivity index (χ0) is 10.8. The number of hydrogen-bond donors (Lipinski definition) is 0. The molecule has 1 aromatic heterocycles. The van der Waals surface area contributed by atoms with E-state index in [0.717, 1.165) is 17.5 Å². The minimum absolute atomic E-state index is 0.727. The van der Waals surface area contributed by atoms with Crippen LogP contribution in [0.15, 0.2) is 30.5 Å². The van der Waals surface area contributed by atoms with E-state index in [2.05, 4.69) is 36.7 Å². The lowest BCUT2D eigenvalue weighted by Crippen LogP contribution is -2.00. The van der Waals surface area contributed by atoms with Crippen LogP contribution in [0.1, 0.15) is 20.3 Å². The van der Waals surface area contributed by atoms with Gasteiger partial charge in [-0.1, -0.05) is 37.6 Å². The number of benzene rings is 1. The van der Waals surface area contributed by atoms with Crippen LogP contribution in [-0.2, 0) is 6.54 Å². The number of fused-ring (bicyclic) bond motifs is 1. The van der Waals surface area contributed by atoms with Crippen LogP contribution in [0.4, 0.5) is 0 Å². The molecule has 0 saturated heterocycles. The zero-order valence-electron chi connectivity index (χ0n) is 9.20. The molecule has 2 heteroatoms. The first-order chi connectivity index (χ1) is 7.18. The lowest BCUT2D eigenvalue weighted by molar-refractivity contribution is 0.524. The van der Waals surface area contributed by atoms with Crippen molar-refractivity contribution in [2.75, 3.05) is 0 Å². The van der Waals surface area contributed by atoms with Crippen molar-refractivity contribution in [2.24, 2.45) is 5.92 Å². The number of rotatable bonds is 3. The third-order valence-electron chi connectivity index (χ3n) is 2.69. The molecule has 0 atom stereocenters. The van der Waals surface area contributed by atoms with Crippen LogP contribution >= 0.6 is 11.6 Å².